The molecule has 0 bridgehead atoms. The average Bonchev–Trinajstić information content (AvgIpc) is 3.12. The summed E-state index contributed by atoms with van der Waals surface area (Å²) in [5.74, 6) is 1.15. The molecule has 0 radical (unpaired) electrons. The molecule has 1 heterocycles. The Labute approximate surface area is 117 Å². The first-order valence-electron chi connectivity index (χ1n) is 6.90. The molecule has 0 atom stereocenters. The minimum Gasteiger partial charge on any atom is -0.353 e. The second-order valence-corrected chi connectivity index (χ2v) is 5.17. The second kappa shape index (κ2) is 5.45. The zero-order chi connectivity index (χ0) is 13.9. The summed E-state index contributed by atoms with van der Waals surface area (Å²) in [5.41, 5.74) is 2.07. The van der Waals surface area contributed by atoms with E-state index in [1.807, 2.05) is 31.2 Å². The summed E-state index contributed by atoms with van der Waals surface area (Å²) >= 11 is 0. The highest BCUT2D eigenvalue weighted by Gasteiger charge is 2.23. The second-order valence-electron chi connectivity index (χ2n) is 5.17. The van der Waals surface area contributed by atoms with Crippen LogP contribution >= 0.6 is 0 Å². The number of nitrogens with zero attached hydrogens (tertiary/aromatic N) is 2. The number of hydrogen-bond donors (Lipinski definition) is 1. The van der Waals surface area contributed by atoms with Crippen molar-refractivity contribution < 1.29 is 9.32 Å². The van der Waals surface area contributed by atoms with Crippen LogP contribution in [0.15, 0.2) is 28.8 Å². The number of hydrogen-bond acceptors (Lipinski definition) is 4. The van der Waals surface area contributed by atoms with Crippen molar-refractivity contribution in [1.82, 2.24) is 15.5 Å². The average molecular weight is 271 g/mol. The lowest BCUT2D eigenvalue weighted by Crippen LogP contribution is -2.25. The molecule has 5 heteroatoms. The lowest BCUT2D eigenvalue weighted by molar-refractivity contribution is -0.121. The van der Waals surface area contributed by atoms with Gasteiger partial charge in [0.25, 0.3) is 0 Å². The molecule has 3 rings (SSSR count). The SMILES string of the molecule is Cc1ccccc1-c1noc(CCC(=O)NC2CC2)n1. The van der Waals surface area contributed by atoms with Gasteiger partial charge in [-0.3, -0.25) is 4.79 Å². The van der Waals surface area contributed by atoms with Gasteiger partial charge in [0.2, 0.25) is 17.6 Å². The van der Waals surface area contributed by atoms with Gasteiger partial charge in [-0.05, 0) is 25.3 Å². The van der Waals surface area contributed by atoms with Crippen LogP contribution in [-0.2, 0) is 11.2 Å². The summed E-state index contributed by atoms with van der Waals surface area (Å²) < 4.78 is 5.20. The monoisotopic (exact) mass is 271 g/mol. The van der Waals surface area contributed by atoms with Crippen molar-refractivity contribution in [3.8, 4) is 11.4 Å². The van der Waals surface area contributed by atoms with Crippen molar-refractivity contribution >= 4 is 5.91 Å². The third-order valence-corrected chi connectivity index (χ3v) is 3.36. The molecule has 1 aliphatic rings. The third-order valence-electron chi connectivity index (χ3n) is 3.36. The Bertz CT molecular complexity index is 617. The molecule has 0 saturated heterocycles. The van der Waals surface area contributed by atoms with E-state index in [2.05, 4.69) is 15.5 Å². The van der Waals surface area contributed by atoms with Gasteiger partial charge in [-0.2, -0.15) is 4.98 Å². The fourth-order valence-corrected chi connectivity index (χ4v) is 2.04. The van der Waals surface area contributed by atoms with E-state index < -0.39 is 0 Å². The molecule has 1 amide bonds. The van der Waals surface area contributed by atoms with E-state index in [1.54, 1.807) is 0 Å². The number of carbonyl (C=O) groups excluding carboxylic acids is 1. The highest BCUT2D eigenvalue weighted by molar-refractivity contribution is 5.76. The summed E-state index contributed by atoms with van der Waals surface area (Å²) in [6.07, 6.45) is 3.08. The molecule has 0 spiro atoms. The minimum absolute atomic E-state index is 0.0585. The van der Waals surface area contributed by atoms with Gasteiger partial charge in [-0.25, -0.2) is 0 Å². The van der Waals surface area contributed by atoms with Gasteiger partial charge >= 0.3 is 0 Å². The van der Waals surface area contributed by atoms with Gasteiger partial charge in [0, 0.05) is 24.4 Å². The van der Waals surface area contributed by atoms with Gasteiger partial charge in [-0.15, -0.1) is 0 Å². The van der Waals surface area contributed by atoms with Crippen LogP contribution in [0, 0.1) is 6.92 Å². The lowest BCUT2D eigenvalue weighted by Gasteiger charge is -2.00. The van der Waals surface area contributed by atoms with Crippen LogP contribution < -0.4 is 5.32 Å². The molecular weight excluding hydrogens is 254 g/mol. The summed E-state index contributed by atoms with van der Waals surface area (Å²) in [6, 6.07) is 8.29. The number of rotatable bonds is 5. The number of aryl methyl sites for hydroxylation is 2. The molecule has 20 heavy (non-hydrogen) atoms. The number of carbonyl (C=O) groups is 1. The fraction of sp³-hybridized carbons (Fsp3) is 0.400. The van der Waals surface area contributed by atoms with E-state index in [1.165, 1.54) is 0 Å². The van der Waals surface area contributed by atoms with Crippen LogP contribution in [0.4, 0.5) is 0 Å². The van der Waals surface area contributed by atoms with E-state index in [9.17, 15) is 4.79 Å². The Hall–Kier alpha value is -2.17. The van der Waals surface area contributed by atoms with E-state index in [0.29, 0.717) is 30.6 Å². The molecule has 2 aromatic rings. The van der Waals surface area contributed by atoms with Crippen molar-refractivity contribution in [2.75, 3.05) is 0 Å². The maximum atomic E-state index is 11.6. The Morgan fingerprint density at radius 2 is 2.20 bits per heavy atom. The predicted octanol–water partition coefficient (Wildman–Crippen LogP) is 2.26. The van der Waals surface area contributed by atoms with Gasteiger partial charge in [-0.1, -0.05) is 29.4 Å². The van der Waals surface area contributed by atoms with Gasteiger partial charge in [0.1, 0.15) is 0 Å². The molecule has 1 N–H and O–H groups in total. The molecule has 0 unspecified atom stereocenters. The standard InChI is InChI=1S/C15H17N3O2/c1-10-4-2-3-5-12(10)15-17-14(20-18-15)9-8-13(19)16-11-6-7-11/h2-5,11H,6-9H2,1H3,(H,16,19). The third kappa shape index (κ3) is 3.04. The number of benzene rings is 1. The smallest absolute Gasteiger partial charge is 0.227 e. The maximum Gasteiger partial charge on any atom is 0.227 e. The Kier molecular flexibility index (Phi) is 3.50. The Morgan fingerprint density at radius 1 is 1.40 bits per heavy atom. The molecular formula is C15H17N3O2. The van der Waals surface area contributed by atoms with Crippen molar-refractivity contribution in [3.05, 3.63) is 35.7 Å². The van der Waals surface area contributed by atoms with Gasteiger partial charge in [0.05, 0.1) is 0 Å². The van der Waals surface area contributed by atoms with Crippen LogP contribution in [0.1, 0.15) is 30.7 Å². The summed E-state index contributed by atoms with van der Waals surface area (Å²) in [5, 5.41) is 6.92. The lowest BCUT2D eigenvalue weighted by atomic mass is 10.1. The zero-order valence-corrected chi connectivity index (χ0v) is 11.4. The summed E-state index contributed by atoms with van der Waals surface area (Å²) in [7, 11) is 0. The number of aromatic nitrogens is 2. The van der Waals surface area contributed by atoms with Crippen LogP contribution in [0.5, 0.6) is 0 Å². The first-order chi connectivity index (χ1) is 9.72. The van der Waals surface area contributed by atoms with E-state index in [4.69, 9.17) is 4.52 Å². The molecule has 0 aliphatic heterocycles. The van der Waals surface area contributed by atoms with Crippen molar-refractivity contribution in [2.45, 2.75) is 38.6 Å². The minimum atomic E-state index is 0.0585. The maximum absolute atomic E-state index is 11.6. The Balaban J connectivity index is 1.61. The normalized spacial score (nSPS) is 14.2. The van der Waals surface area contributed by atoms with Crippen LogP contribution in [-0.4, -0.2) is 22.1 Å². The van der Waals surface area contributed by atoms with Crippen LogP contribution in [0.3, 0.4) is 0 Å². The van der Waals surface area contributed by atoms with Crippen molar-refractivity contribution in [2.24, 2.45) is 0 Å². The highest BCUT2D eigenvalue weighted by Crippen LogP contribution is 2.21. The summed E-state index contributed by atoms with van der Waals surface area (Å²) in [4.78, 5) is 15.9. The molecule has 1 aromatic heterocycles. The zero-order valence-electron chi connectivity index (χ0n) is 11.4. The highest BCUT2D eigenvalue weighted by atomic mass is 16.5. The molecule has 1 aliphatic carbocycles. The Morgan fingerprint density at radius 3 is 2.95 bits per heavy atom. The molecule has 1 aromatic carbocycles. The van der Waals surface area contributed by atoms with Gasteiger partial charge in [0.15, 0.2) is 0 Å². The van der Waals surface area contributed by atoms with Gasteiger partial charge < -0.3 is 9.84 Å². The fourth-order valence-electron chi connectivity index (χ4n) is 2.04. The molecule has 5 nitrogen and oxygen atoms in total. The summed E-state index contributed by atoms with van der Waals surface area (Å²) in [6.45, 7) is 2.01. The predicted molar refractivity (Wildman–Crippen MR) is 74.0 cm³/mol. The van der Waals surface area contributed by atoms with E-state index in [-0.39, 0.29) is 5.91 Å². The van der Waals surface area contributed by atoms with Crippen LogP contribution in [0.2, 0.25) is 0 Å². The van der Waals surface area contributed by atoms with Crippen molar-refractivity contribution in [3.63, 3.8) is 0 Å². The van der Waals surface area contributed by atoms with E-state index >= 15 is 0 Å². The molecule has 1 saturated carbocycles. The largest absolute Gasteiger partial charge is 0.353 e. The topological polar surface area (TPSA) is 68.0 Å². The quantitative estimate of drug-likeness (QED) is 0.905. The van der Waals surface area contributed by atoms with Crippen LogP contribution in [0.25, 0.3) is 11.4 Å². The van der Waals surface area contributed by atoms with Crippen molar-refractivity contribution in [1.29, 1.82) is 0 Å². The van der Waals surface area contributed by atoms with E-state index in [0.717, 1.165) is 24.0 Å². The molecule has 104 valence electrons. The first-order valence-corrected chi connectivity index (χ1v) is 6.90. The number of nitrogens with one attached hydrogen (secondary N) is 1. The molecule has 1 fully saturated rings. The number of amides is 1. The first kappa shape index (κ1) is 12.8.